The van der Waals surface area contributed by atoms with Crippen LogP contribution in [0.4, 0.5) is 0 Å². The van der Waals surface area contributed by atoms with Gasteiger partial charge < -0.3 is 4.74 Å². The highest BCUT2D eigenvalue weighted by Gasteiger charge is 2.23. The maximum absolute atomic E-state index is 9.25. The summed E-state index contributed by atoms with van der Waals surface area (Å²) in [6, 6.07) is 10.5. The molecule has 3 nitrogen and oxygen atoms in total. The van der Waals surface area contributed by atoms with E-state index in [1.807, 2.05) is 19.1 Å². The number of nitrogens with one attached hydrogen (secondary N) is 1. The minimum atomic E-state index is -0.634. The summed E-state index contributed by atoms with van der Waals surface area (Å²) in [6.45, 7) is 9.53. The number of benzene rings is 1. The maximum Gasteiger partial charge on any atom is 0.138 e. The van der Waals surface area contributed by atoms with Gasteiger partial charge in [0.05, 0.1) is 6.07 Å². The zero-order valence-corrected chi connectivity index (χ0v) is 13.1. The third-order valence-electron chi connectivity index (χ3n) is 3.60. The first-order chi connectivity index (χ1) is 9.54. The monoisotopic (exact) mass is 274 g/mol. The van der Waals surface area contributed by atoms with E-state index in [2.05, 4.69) is 44.3 Å². The number of hydrogen-bond acceptors (Lipinski definition) is 3. The Morgan fingerprint density at radius 3 is 2.45 bits per heavy atom. The van der Waals surface area contributed by atoms with E-state index in [0.29, 0.717) is 12.5 Å². The van der Waals surface area contributed by atoms with Gasteiger partial charge in [-0.25, -0.2) is 0 Å². The van der Waals surface area contributed by atoms with Crippen LogP contribution in [0.2, 0.25) is 0 Å². The van der Waals surface area contributed by atoms with Crippen LogP contribution >= 0.6 is 0 Å². The lowest BCUT2D eigenvalue weighted by Crippen LogP contribution is -2.46. The van der Waals surface area contributed by atoms with Gasteiger partial charge in [0.25, 0.3) is 0 Å². The summed E-state index contributed by atoms with van der Waals surface area (Å²) < 4.78 is 5.74. The fourth-order valence-corrected chi connectivity index (χ4v) is 1.88. The van der Waals surface area contributed by atoms with Crippen molar-refractivity contribution in [3.63, 3.8) is 0 Å². The molecule has 0 radical (unpaired) electrons. The summed E-state index contributed by atoms with van der Waals surface area (Å²) in [7, 11) is 0. The van der Waals surface area contributed by atoms with Gasteiger partial charge in [0.2, 0.25) is 0 Å². The van der Waals surface area contributed by atoms with Crippen LogP contribution in [-0.2, 0) is 0 Å². The van der Waals surface area contributed by atoms with E-state index in [-0.39, 0.29) is 0 Å². The van der Waals surface area contributed by atoms with Crippen LogP contribution in [0.25, 0.3) is 0 Å². The van der Waals surface area contributed by atoms with Gasteiger partial charge in [0.15, 0.2) is 0 Å². The molecule has 1 aromatic carbocycles. The zero-order chi connectivity index (χ0) is 15.0. The highest BCUT2D eigenvalue weighted by molar-refractivity contribution is 5.29. The van der Waals surface area contributed by atoms with E-state index >= 15 is 0 Å². The Balaban J connectivity index is 2.58. The van der Waals surface area contributed by atoms with Crippen molar-refractivity contribution in [2.75, 3.05) is 13.2 Å². The molecule has 20 heavy (non-hydrogen) atoms. The summed E-state index contributed by atoms with van der Waals surface area (Å²) >= 11 is 0. The van der Waals surface area contributed by atoms with Gasteiger partial charge in [-0.15, -0.1) is 0 Å². The van der Waals surface area contributed by atoms with E-state index in [4.69, 9.17) is 4.74 Å². The van der Waals surface area contributed by atoms with Crippen LogP contribution in [0.15, 0.2) is 24.3 Å². The van der Waals surface area contributed by atoms with Crippen LogP contribution in [0, 0.1) is 11.3 Å². The zero-order valence-electron chi connectivity index (χ0n) is 13.1. The van der Waals surface area contributed by atoms with Crippen LogP contribution in [0.1, 0.15) is 52.0 Å². The molecule has 0 aromatic heterocycles. The molecule has 0 heterocycles. The average molecular weight is 274 g/mol. The van der Waals surface area contributed by atoms with Gasteiger partial charge >= 0.3 is 0 Å². The van der Waals surface area contributed by atoms with Crippen LogP contribution in [0.5, 0.6) is 5.75 Å². The number of ether oxygens (including phenoxy) is 1. The lowest BCUT2D eigenvalue weighted by atomic mass is 9.99. The first kappa shape index (κ1) is 16.5. The SMILES string of the molecule is CCCNC(C)(C#N)COc1ccc(C(C)CC)cc1. The van der Waals surface area contributed by atoms with Gasteiger partial charge in [0, 0.05) is 0 Å². The van der Waals surface area contributed by atoms with Crippen molar-refractivity contribution in [2.45, 2.75) is 52.0 Å². The molecule has 2 unspecified atom stereocenters. The van der Waals surface area contributed by atoms with Crippen molar-refractivity contribution >= 4 is 0 Å². The Hall–Kier alpha value is -1.53. The lowest BCUT2D eigenvalue weighted by molar-refractivity contribution is 0.234. The summed E-state index contributed by atoms with van der Waals surface area (Å²) in [5.74, 6) is 1.39. The fourth-order valence-electron chi connectivity index (χ4n) is 1.88. The smallest absolute Gasteiger partial charge is 0.138 e. The van der Waals surface area contributed by atoms with Crippen LogP contribution < -0.4 is 10.1 Å². The molecule has 0 spiro atoms. The van der Waals surface area contributed by atoms with Crippen molar-refractivity contribution in [1.29, 1.82) is 5.26 Å². The second-order valence-corrected chi connectivity index (χ2v) is 5.54. The Kier molecular flexibility index (Phi) is 6.54. The third kappa shape index (κ3) is 4.86. The summed E-state index contributed by atoms with van der Waals surface area (Å²) in [5, 5.41) is 12.5. The third-order valence-corrected chi connectivity index (χ3v) is 3.60. The quantitative estimate of drug-likeness (QED) is 0.783. The van der Waals surface area contributed by atoms with Crippen molar-refractivity contribution in [2.24, 2.45) is 0 Å². The molecule has 1 N–H and O–H groups in total. The molecule has 3 heteroatoms. The second kappa shape index (κ2) is 7.91. The Morgan fingerprint density at radius 1 is 1.30 bits per heavy atom. The fraction of sp³-hybridized carbons (Fsp3) is 0.588. The van der Waals surface area contributed by atoms with E-state index in [9.17, 15) is 5.26 Å². The standard InChI is InChI=1S/C17H26N2O/c1-5-11-19-17(4,12-18)13-20-16-9-7-15(8-10-16)14(3)6-2/h7-10,14,19H,5-6,11,13H2,1-4H3. The first-order valence-electron chi connectivity index (χ1n) is 7.43. The molecule has 0 aliphatic carbocycles. The van der Waals surface area contributed by atoms with E-state index in [1.54, 1.807) is 0 Å². The van der Waals surface area contributed by atoms with Crippen molar-refractivity contribution in [1.82, 2.24) is 5.32 Å². The Morgan fingerprint density at radius 2 is 1.95 bits per heavy atom. The number of nitriles is 1. The van der Waals surface area contributed by atoms with Crippen molar-refractivity contribution in [3.05, 3.63) is 29.8 Å². The summed E-state index contributed by atoms with van der Waals surface area (Å²) in [4.78, 5) is 0. The second-order valence-electron chi connectivity index (χ2n) is 5.54. The topological polar surface area (TPSA) is 45.0 Å². The van der Waals surface area contributed by atoms with Gasteiger partial charge in [0.1, 0.15) is 17.9 Å². The normalized spacial score (nSPS) is 15.2. The highest BCUT2D eigenvalue weighted by Crippen LogP contribution is 2.22. The van der Waals surface area contributed by atoms with Crippen molar-refractivity contribution in [3.8, 4) is 11.8 Å². The molecule has 0 fully saturated rings. The first-order valence-corrected chi connectivity index (χ1v) is 7.43. The minimum absolute atomic E-state index is 0.353. The van der Waals surface area contributed by atoms with Gasteiger partial charge in [-0.05, 0) is 49.9 Å². The molecule has 0 saturated heterocycles. The largest absolute Gasteiger partial charge is 0.491 e. The summed E-state index contributed by atoms with van der Waals surface area (Å²) in [5.41, 5.74) is 0.692. The minimum Gasteiger partial charge on any atom is -0.491 e. The van der Waals surface area contributed by atoms with Gasteiger partial charge in [-0.3, -0.25) is 5.32 Å². The van der Waals surface area contributed by atoms with E-state index in [1.165, 1.54) is 5.56 Å². The Bertz CT molecular complexity index is 435. The molecule has 0 aliphatic heterocycles. The van der Waals surface area contributed by atoms with Gasteiger partial charge in [-0.1, -0.05) is 32.9 Å². The molecular formula is C17H26N2O. The number of rotatable bonds is 8. The average Bonchev–Trinajstić information content (AvgIpc) is 2.50. The molecule has 0 amide bonds. The Labute approximate surface area is 123 Å². The van der Waals surface area contributed by atoms with Gasteiger partial charge in [-0.2, -0.15) is 5.26 Å². The predicted octanol–water partition coefficient (Wildman–Crippen LogP) is 3.86. The molecular weight excluding hydrogens is 248 g/mol. The van der Waals surface area contributed by atoms with E-state index < -0.39 is 5.54 Å². The number of hydrogen-bond donors (Lipinski definition) is 1. The molecule has 0 bridgehead atoms. The highest BCUT2D eigenvalue weighted by atomic mass is 16.5. The van der Waals surface area contributed by atoms with Crippen LogP contribution in [-0.4, -0.2) is 18.7 Å². The summed E-state index contributed by atoms with van der Waals surface area (Å²) in [6.07, 6.45) is 2.13. The number of nitrogens with zero attached hydrogens (tertiary/aromatic N) is 1. The predicted molar refractivity (Wildman–Crippen MR) is 83.0 cm³/mol. The molecule has 110 valence electrons. The lowest BCUT2D eigenvalue weighted by Gasteiger charge is -2.23. The molecule has 1 aromatic rings. The van der Waals surface area contributed by atoms with Crippen molar-refractivity contribution < 1.29 is 4.74 Å². The maximum atomic E-state index is 9.25. The van der Waals surface area contributed by atoms with Crippen LogP contribution in [0.3, 0.4) is 0 Å². The van der Waals surface area contributed by atoms with E-state index in [0.717, 1.165) is 25.1 Å². The molecule has 1 rings (SSSR count). The molecule has 2 atom stereocenters. The molecule has 0 saturated carbocycles. The molecule has 0 aliphatic rings.